The Labute approximate surface area is 134 Å². The van der Waals surface area contributed by atoms with Crippen LogP contribution in [0.4, 0.5) is 4.79 Å². The molecule has 5 amide bonds. The van der Waals surface area contributed by atoms with Crippen LogP contribution >= 0.6 is 0 Å². The van der Waals surface area contributed by atoms with Crippen molar-refractivity contribution in [2.75, 3.05) is 0 Å². The van der Waals surface area contributed by atoms with Crippen LogP contribution in [0.25, 0.3) is 0 Å². The zero-order valence-electron chi connectivity index (χ0n) is 12.2. The molecule has 2 heterocycles. The molecule has 9 nitrogen and oxygen atoms in total. The summed E-state index contributed by atoms with van der Waals surface area (Å²) in [4.78, 5) is 64.2. The maximum Gasteiger partial charge on any atom is 0.336 e. The minimum absolute atomic E-state index is 0.0621. The van der Waals surface area contributed by atoms with Gasteiger partial charge in [-0.05, 0) is 25.0 Å². The van der Waals surface area contributed by atoms with E-state index in [0.717, 1.165) is 0 Å². The van der Waals surface area contributed by atoms with E-state index in [9.17, 15) is 24.0 Å². The Bertz CT molecular complexity index is 791. The average Bonchev–Trinajstić information content (AvgIpc) is 2.95. The zero-order valence-corrected chi connectivity index (χ0v) is 12.2. The van der Waals surface area contributed by atoms with E-state index in [4.69, 9.17) is 4.84 Å². The van der Waals surface area contributed by atoms with Crippen LogP contribution in [0.15, 0.2) is 24.3 Å². The molecule has 0 atom stereocenters. The van der Waals surface area contributed by atoms with E-state index < -0.39 is 41.2 Å². The molecule has 2 N–H and O–H groups in total. The number of hydrogen-bond donors (Lipinski definition) is 2. The Morgan fingerprint density at radius 1 is 1.08 bits per heavy atom. The highest BCUT2D eigenvalue weighted by Gasteiger charge is 2.58. The molecule has 4 rings (SSSR count). The van der Waals surface area contributed by atoms with Gasteiger partial charge in [0.1, 0.15) is 5.54 Å². The Morgan fingerprint density at radius 3 is 2.17 bits per heavy atom. The maximum absolute atomic E-state index is 12.1. The van der Waals surface area contributed by atoms with Gasteiger partial charge < -0.3 is 10.2 Å². The first-order valence-electron chi connectivity index (χ1n) is 7.24. The van der Waals surface area contributed by atoms with E-state index in [-0.39, 0.29) is 24.0 Å². The largest absolute Gasteiger partial charge is 0.336 e. The third-order valence-corrected chi connectivity index (χ3v) is 4.48. The van der Waals surface area contributed by atoms with Gasteiger partial charge in [0.2, 0.25) is 0 Å². The highest BCUT2D eigenvalue weighted by Crippen LogP contribution is 2.41. The van der Waals surface area contributed by atoms with Crippen molar-refractivity contribution in [2.24, 2.45) is 5.92 Å². The number of hydrogen-bond acceptors (Lipinski definition) is 6. The molecule has 1 saturated heterocycles. The summed E-state index contributed by atoms with van der Waals surface area (Å²) >= 11 is 0. The lowest BCUT2D eigenvalue weighted by Gasteiger charge is -2.40. The third kappa shape index (κ3) is 1.84. The van der Waals surface area contributed by atoms with Crippen molar-refractivity contribution in [2.45, 2.75) is 18.4 Å². The molecule has 1 spiro atoms. The monoisotopic (exact) mass is 329 g/mol. The molecule has 1 aromatic rings. The highest BCUT2D eigenvalue weighted by atomic mass is 16.7. The van der Waals surface area contributed by atoms with Crippen molar-refractivity contribution in [1.29, 1.82) is 0 Å². The molecule has 0 bridgehead atoms. The molecule has 2 fully saturated rings. The number of benzene rings is 1. The Morgan fingerprint density at radius 2 is 1.67 bits per heavy atom. The quantitative estimate of drug-likeness (QED) is 0.569. The van der Waals surface area contributed by atoms with Crippen molar-refractivity contribution >= 4 is 29.7 Å². The number of rotatable bonds is 2. The number of amides is 5. The second-order valence-electron chi connectivity index (χ2n) is 5.96. The maximum atomic E-state index is 12.1. The summed E-state index contributed by atoms with van der Waals surface area (Å²) in [5.41, 5.74) is -0.756. The minimum atomic E-state index is -1.09. The predicted molar refractivity (Wildman–Crippen MR) is 75.2 cm³/mol. The normalized spacial score (nSPS) is 27.7. The van der Waals surface area contributed by atoms with Gasteiger partial charge in [-0.2, -0.15) is 0 Å². The number of fused-ring (bicyclic) bond motifs is 1. The van der Waals surface area contributed by atoms with Gasteiger partial charge in [0.15, 0.2) is 0 Å². The number of nitrogens with one attached hydrogen (secondary N) is 2. The molecular formula is C15H11N3O6. The fourth-order valence-corrected chi connectivity index (χ4v) is 3.18. The molecular weight excluding hydrogens is 318 g/mol. The number of carbonyl (C=O) groups excluding carboxylic acids is 5. The van der Waals surface area contributed by atoms with E-state index in [1.54, 1.807) is 12.1 Å². The van der Waals surface area contributed by atoms with Crippen LogP contribution < -0.4 is 10.6 Å². The molecule has 1 aromatic carbocycles. The van der Waals surface area contributed by atoms with Gasteiger partial charge in [-0.15, -0.1) is 0 Å². The van der Waals surface area contributed by atoms with E-state index in [0.29, 0.717) is 5.06 Å². The molecule has 1 saturated carbocycles. The van der Waals surface area contributed by atoms with Gasteiger partial charge in [0.25, 0.3) is 17.7 Å². The third-order valence-electron chi connectivity index (χ3n) is 4.48. The second kappa shape index (κ2) is 4.63. The molecule has 0 radical (unpaired) electrons. The number of nitrogens with zero attached hydrogens (tertiary/aromatic N) is 1. The molecule has 122 valence electrons. The number of urea groups is 1. The minimum Gasteiger partial charge on any atom is -0.329 e. The van der Waals surface area contributed by atoms with Crippen molar-refractivity contribution in [3.63, 3.8) is 0 Å². The molecule has 0 aromatic heterocycles. The van der Waals surface area contributed by atoms with Crippen LogP contribution in [-0.4, -0.2) is 40.3 Å². The first kappa shape index (κ1) is 14.4. The summed E-state index contributed by atoms with van der Waals surface area (Å²) in [5, 5.41) is 5.02. The van der Waals surface area contributed by atoms with Crippen LogP contribution in [0.3, 0.4) is 0 Å². The van der Waals surface area contributed by atoms with Gasteiger partial charge in [-0.3, -0.25) is 19.7 Å². The van der Waals surface area contributed by atoms with E-state index in [1.807, 2.05) is 0 Å². The van der Waals surface area contributed by atoms with E-state index in [1.165, 1.54) is 12.1 Å². The molecule has 9 heteroatoms. The smallest absolute Gasteiger partial charge is 0.329 e. The molecule has 1 aliphatic carbocycles. The fourth-order valence-electron chi connectivity index (χ4n) is 3.18. The Balaban J connectivity index is 1.44. The van der Waals surface area contributed by atoms with Gasteiger partial charge in [0.05, 0.1) is 17.0 Å². The van der Waals surface area contributed by atoms with Crippen LogP contribution in [0.1, 0.15) is 33.6 Å². The fraction of sp³-hybridized carbons (Fsp3) is 0.267. The lowest BCUT2D eigenvalue weighted by molar-refractivity contribution is -0.179. The summed E-state index contributed by atoms with van der Waals surface area (Å²) in [5.74, 6) is -3.37. The standard InChI is InChI=1S/C15H11N3O6/c19-10-8-3-1-2-4-9(8)11(20)18(10)24-12(21)7-5-15(6-7)13(22)16-14(23)17-15/h1-4,7H,5-6H2,(H2,16,17,22,23). The molecule has 2 aliphatic heterocycles. The van der Waals surface area contributed by atoms with Gasteiger partial charge in [-0.25, -0.2) is 9.59 Å². The first-order valence-corrected chi connectivity index (χ1v) is 7.24. The predicted octanol–water partition coefficient (Wildman–Crippen LogP) is -0.271. The van der Waals surface area contributed by atoms with Crippen LogP contribution in [-0.2, 0) is 14.4 Å². The van der Waals surface area contributed by atoms with Crippen LogP contribution in [0.2, 0.25) is 0 Å². The van der Waals surface area contributed by atoms with Crippen molar-refractivity contribution in [3.05, 3.63) is 35.4 Å². The van der Waals surface area contributed by atoms with Crippen molar-refractivity contribution in [1.82, 2.24) is 15.7 Å². The average molecular weight is 329 g/mol. The highest BCUT2D eigenvalue weighted by molar-refractivity contribution is 6.21. The molecule has 0 unspecified atom stereocenters. The Kier molecular flexibility index (Phi) is 2.77. The van der Waals surface area contributed by atoms with Gasteiger partial charge in [0, 0.05) is 0 Å². The SMILES string of the molecule is O=C1NC(=O)C2(CC(C(=O)ON3C(=O)c4ccccc4C3=O)C2)N1. The Hall–Kier alpha value is -3.23. The number of hydroxylamine groups is 2. The zero-order chi connectivity index (χ0) is 17.1. The molecule has 3 aliphatic rings. The topological polar surface area (TPSA) is 122 Å². The number of imide groups is 2. The van der Waals surface area contributed by atoms with Crippen molar-refractivity contribution in [3.8, 4) is 0 Å². The summed E-state index contributed by atoms with van der Waals surface area (Å²) < 4.78 is 0. The van der Waals surface area contributed by atoms with Gasteiger partial charge >= 0.3 is 12.0 Å². The van der Waals surface area contributed by atoms with Crippen LogP contribution in [0, 0.1) is 5.92 Å². The second-order valence-corrected chi connectivity index (χ2v) is 5.96. The number of carbonyl (C=O) groups is 5. The van der Waals surface area contributed by atoms with Gasteiger partial charge in [-0.1, -0.05) is 17.2 Å². The van der Waals surface area contributed by atoms with Crippen LogP contribution in [0.5, 0.6) is 0 Å². The van der Waals surface area contributed by atoms with Crippen molar-refractivity contribution < 1.29 is 28.8 Å². The van der Waals surface area contributed by atoms with E-state index >= 15 is 0 Å². The first-order chi connectivity index (χ1) is 11.4. The summed E-state index contributed by atoms with van der Waals surface area (Å²) in [6.45, 7) is 0. The van der Waals surface area contributed by atoms with E-state index in [2.05, 4.69) is 10.6 Å². The lowest BCUT2D eigenvalue weighted by Crippen LogP contribution is -2.59. The lowest BCUT2D eigenvalue weighted by atomic mass is 9.68. The summed E-state index contributed by atoms with van der Waals surface area (Å²) in [6.07, 6.45) is 0.124. The summed E-state index contributed by atoms with van der Waals surface area (Å²) in [6, 6.07) is 5.55. The summed E-state index contributed by atoms with van der Waals surface area (Å²) in [7, 11) is 0. The molecule has 24 heavy (non-hydrogen) atoms.